The van der Waals surface area contributed by atoms with Crippen molar-refractivity contribution < 1.29 is 9.32 Å². The van der Waals surface area contributed by atoms with Gasteiger partial charge in [0.05, 0.1) is 17.4 Å². The van der Waals surface area contributed by atoms with E-state index in [0.717, 1.165) is 40.4 Å². The van der Waals surface area contributed by atoms with Gasteiger partial charge in [0.2, 0.25) is 0 Å². The first-order valence-corrected chi connectivity index (χ1v) is 7.41. The van der Waals surface area contributed by atoms with Crippen LogP contribution in [0.1, 0.15) is 53.4 Å². The van der Waals surface area contributed by atoms with Gasteiger partial charge >= 0.3 is 6.03 Å². The first-order chi connectivity index (χ1) is 10.4. The van der Waals surface area contributed by atoms with E-state index < -0.39 is 0 Å². The zero-order valence-electron chi connectivity index (χ0n) is 13.7. The Labute approximate surface area is 129 Å². The monoisotopic (exact) mass is 305 g/mol. The molecule has 0 fully saturated rings. The van der Waals surface area contributed by atoms with Gasteiger partial charge in [-0.1, -0.05) is 12.1 Å². The number of urea groups is 1. The molecule has 3 N–H and O–H groups in total. The Kier molecular flexibility index (Phi) is 4.85. The number of aryl methyl sites for hydroxylation is 4. The minimum absolute atomic E-state index is 0.113. The number of carbonyl (C=O) groups excluding carboxylic acids is 1. The number of hydrogen-bond acceptors (Lipinski definition) is 4. The Morgan fingerprint density at radius 1 is 1.27 bits per heavy atom. The molecule has 120 valence electrons. The van der Waals surface area contributed by atoms with E-state index in [2.05, 4.69) is 26.0 Å². The predicted octanol–water partition coefficient (Wildman–Crippen LogP) is 2.58. The molecule has 2 rings (SSSR count). The van der Waals surface area contributed by atoms with Crippen LogP contribution < -0.4 is 10.6 Å². The standard InChI is InChI=1S/C15H23N5O2/c1-6-13(14-10(4)20-22-11(14)5)17-15(21)16-7-12-8(2)18-19-9(12)3/h13H,6-7H2,1-5H3,(H,18,19)(H2,16,17,21). The molecule has 2 amide bonds. The molecule has 2 aromatic heterocycles. The number of nitrogens with one attached hydrogen (secondary N) is 3. The summed E-state index contributed by atoms with van der Waals surface area (Å²) < 4.78 is 5.18. The molecule has 2 heterocycles. The minimum Gasteiger partial charge on any atom is -0.361 e. The second-order valence-corrected chi connectivity index (χ2v) is 5.44. The van der Waals surface area contributed by atoms with E-state index in [9.17, 15) is 4.79 Å². The van der Waals surface area contributed by atoms with Crippen molar-refractivity contribution in [3.05, 3.63) is 34.0 Å². The number of hydrogen-bond donors (Lipinski definition) is 3. The third-order valence-electron chi connectivity index (χ3n) is 3.86. The highest BCUT2D eigenvalue weighted by Crippen LogP contribution is 2.23. The zero-order chi connectivity index (χ0) is 16.3. The Balaban J connectivity index is 1.99. The van der Waals surface area contributed by atoms with Crippen molar-refractivity contribution in [2.24, 2.45) is 0 Å². The first-order valence-electron chi connectivity index (χ1n) is 7.41. The smallest absolute Gasteiger partial charge is 0.315 e. The van der Waals surface area contributed by atoms with Crippen LogP contribution in [-0.2, 0) is 6.54 Å². The predicted molar refractivity (Wildman–Crippen MR) is 82.4 cm³/mol. The van der Waals surface area contributed by atoms with Crippen molar-refractivity contribution in [1.29, 1.82) is 0 Å². The molecule has 0 aliphatic carbocycles. The van der Waals surface area contributed by atoms with Crippen LogP contribution in [0.2, 0.25) is 0 Å². The van der Waals surface area contributed by atoms with Crippen molar-refractivity contribution in [1.82, 2.24) is 26.0 Å². The molecule has 0 saturated carbocycles. The lowest BCUT2D eigenvalue weighted by atomic mass is 10.0. The number of amides is 2. The molecule has 2 aromatic rings. The Morgan fingerprint density at radius 2 is 2.00 bits per heavy atom. The number of nitrogens with zero attached hydrogens (tertiary/aromatic N) is 2. The lowest BCUT2D eigenvalue weighted by Crippen LogP contribution is -2.37. The summed E-state index contributed by atoms with van der Waals surface area (Å²) in [5.41, 5.74) is 4.64. The van der Waals surface area contributed by atoms with E-state index in [-0.39, 0.29) is 12.1 Å². The Hall–Kier alpha value is -2.31. The van der Waals surface area contributed by atoms with Crippen LogP contribution in [0.15, 0.2) is 4.52 Å². The third-order valence-corrected chi connectivity index (χ3v) is 3.86. The van der Waals surface area contributed by atoms with Gasteiger partial charge in [-0.2, -0.15) is 5.10 Å². The van der Waals surface area contributed by atoms with Gasteiger partial charge in [-0.05, 0) is 34.1 Å². The highest BCUT2D eigenvalue weighted by atomic mass is 16.5. The molecule has 0 aliphatic rings. The summed E-state index contributed by atoms with van der Waals surface area (Å²) in [5, 5.41) is 16.8. The van der Waals surface area contributed by atoms with Gasteiger partial charge in [-0.3, -0.25) is 5.10 Å². The molecule has 0 aromatic carbocycles. The molecule has 22 heavy (non-hydrogen) atoms. The van der Waals surface area contributed by atoms with Crippen molar-refractivity contribution in [3.8, 4) is 0 Å². The van der Waals surface area contributed by atoms with E-state index in [1.165, 1.54) is 0 Å². The van der Waals surface area contributed by atoms with Crippen molar-refractivity contribution >= 4 is 6.03 Å². The van der Waals surface area contributed by atoms with Crippen molar-refractivity contribution in [2.75, 3.05) is 0 Å². The average Bonchev–Trinajstić information content (AvgIpc) is 2.98. The molecular formula is C15H23N5O2. The molecule has 0 aliphatic heterocycles. The highest BCUT2D eigenvalue weighted by molar-refractivity contribution is 5.74. The van der Waals surface area contributed by atoms with Gasteiger partial charge < -0.3 is 15.2 Å². The fraction of sp³-hybridized carbons (Fsp3) is 0.533. The van der Waals surface area contributed by atoms with Crippen LogP contribution in [0, 0.1) is 27.7 Å². The van der Waals surface area contributed by atoms with Crippen LogP contribution in [0.5, 0.6) is 0 Å². The maximum Gasteiger partial charge on any atom is 0.315 e. The zero-order valence-corrected chi connectivity index (χ0v) is 13.7. The molecule has 7 nitrogen and oxygen atoms in total. The quantitative estimate of drug-likeness (QED) is 0.791. The van der Waals surface area contributed by atoms with Crippen LogP contribution in [-0.4, -0.2) is 21.4 Å². The summed E-state index contributed by atoms with van der Waals surface area (Å²) in [7, 11) is 0. The lowest BCUT2D eigenvalue weighted by Gasteiger charge is -2.17. The summed E-state index contributed by atoms with van der Waals surface area (Å²) in [6, 6.07) is -0.329. The summed E-state index contributed by atoms with van der Waals surface area (Å²) in [6.45, 7) is 10.0. The normalized spacial score (nSPS) is 12.2. The van der Waals surface area contributed by atoms with E-state index in [1.54, 1.807) is 0 Å². The minimum atomic E-state index is -0.216. The van der Waals surface area contributed by atoms with Gasteiger partial charge in [-0.15, -0.1) is 0 Å². The van der Waals surface area contributed by atoms with E-state index >= 15 is 0 Å². The molecule has 0 bridgehead atoms. The van der Waals surface area contributed by atoms with Crippen molar-refractivity contribution in [3.63, 3.8) is 0 Å². The van der Waals surface area contributed by atoms with Gasteiger partial charge in [0.25, 0.3) is 0 Å². The van der Waals surface area contributed by atoms with Crippen LogP contribution in [0.25, 0.3) is 0 Å². The number of aromatic amines is 1. The van der Waals surface area contributed by atoms with Gasteiger partial charge in [0, 0.05) is 23.4 Å². The third kappa shape index (κ3) is 3.29. The van der Waals surface area contributed by atoms with Crippen LogP contribution >= 0.6 is 0 Å². The molecule has 0 spiro atoms. The Morgan fingerprint density at radius 3 is 2.50 bits per heavy atom. The molecule has 1 unspecified atom stereocenters. The fourth-order valence-corrected chi connectivity index (χ4v) is 2.58. The molecule has 0 radical (unpaired) electrons. The number of rotatable bonds is 5. The second kappa shape index (κ2) is 6.64. The molecule has 0 saturated heterocycles. The summed E-state index contributed by atoms with van der Waals surface area (Å²) in [5.74, 6) is 0.742. The number of H-pyrrole nitrogens is 1. The van der Waals surface area contributed by atoms with E-state index in [4.69, 9.17) is 4.52 Å². The van der Waals surface area contributed by atoms with Crippen LogP contribution in [0.3, 0.4) is 0 Å². The van der Waals surface area contributed by atoms with E-state index in [0.29, 0.717) is 6.54 Å². The summed E-state index contributed by atoms with van der Waals surface area (Å²) >= 11 is 0. The SMILES string of the molecule is CCC(NC(=O)NCc1c(C)n[nH]c1C)c1c(C)noc1C. The molecular weight excluding hydrogens is 282 g/mol. The van der Waals surface area contributed by atoms with Gasteiger partial charge in [-0.25, -0.2) is 4.79 Å². The summed E-state index contributed by atoms with van der Waals surface area (Å²) in [6.07, 6.45) is 0.764. The second-order valence-electron chi connectivity index (χ2n) is 5.44. The summed E-state index contributed by atoms with van der Waals surface area (Å²) in [4.78, 5) is 12.1. The first kappa shape index (κ1) is 16.1. The van der Waals surface area contributed by atoms with Crippen LogP contribution in [0.4, 0.5) is 4.79 Å². The van der Waals surface area contributed by atoms with E-state index in [1.807, 2.05) is 34.6 Å². The highest BCUT2D eigenvalue weighted by Gasteiger charge is 2.20. The maximum atomic E-state index is 12.1. The largest absolute Gasteiger partial charge is 0.361 e. The molecule has 1 atom stereocenters. The molecule has 7 heteroatoms. The Bertz CT molecular complexity index is 620. The average molecular weight is 305 g/mol. The fourth-order valence-electron chi connectivity index (χ4n) is 2.58. The topological polar surface area (TPSA) is 95.8 Å². The van der Waals surface area contributed by atoms with Gasteiger partial charge in [0.15, 0.2) is 0 Å². The lowest BCUT2D eigenvalue weighted by molar-refractivity contribution is 0.236. The number of carbonyl (C=O) groups is 1. The maximum absolute atomic E-state index is 12.1. The van der Waals surface area contributed by atoms with Gasteiger partial charge in [0.1, 0.15) is 5.76 Å². The number of aromatic nitrogens is 3. The van der Waals surface area contributed by atoms with Crippen molar-refractivity contribution in [2.45, 2.75) is 53.6 Å².